The van der Waals surface area contributed by atoms with Gasteiger partial charge in [0.05, 0.1) is 5.57 Å². The zero-order valence-corrected chi connectivity index (χ0v) is 20.6. The molecule has 2 aliphatic heterocycles. The van der Waals surface area contributed by atoms with Crippen LogP contribution in [0.15, 0.2) is 58.1 Å². The average Bonchev–Trinajstić information content (AvgIpc) is 3.23. The molecule has 0 radical (unpaired) electrons. The Kier molecular flexibility index (Phi) is 7.17. The molecule has 2 aromatic rings. The van der Waals surface area contributed by atoms with Gasteiger partial charge < -0.3 is 9.47 Å². The van der Waals surface area contributed by atoms with Crippen LogP contribution in [0.4, 0.5) is 0 Å². The molecule has 0 saturated carbocycles. The van der Waals surface area contributed by atoms with Crippen molar-refractivity contribution in [1.82, 2.24) is 5.01 Å². The van der Waals surface area contributed by atoms with Crippen LogP contribution in [0, 0.1) is 12.3 Å². The van der Waals surface area contributed by atoms with Crippen molar-refractivity contribution >= 4 is 39.8 Å². The number of benzene rings is 2. The minimum Gasteiger partial charge on any atom is -0.490 e. The summed E-state index contributed by atoms with van der Waals surface area (Å²) >= 11 is 1.33. The molecule has 0 atom stereocenters. The highest BCUT2D eigenvalue weighted by Gasteiger charge is 2.35. The maximum absolute atomic E-state index is 12.6. The lowest BCUT2D eigenvalue weighted by Gasteiger charge is -2.20. The fourth-order valence-electron chi connectivity index (χ4n) is 3.61. The molecule has 0 fully saturated rings. The Labute approximate surface area is 204 Å². The number of rotatable bonds is 8. The molecular formula is C26H28N4O3S. The van der Waals surface area contributed by atoms with Crippen molar-refractivity contribution in [1.29, 1.82) is 5.41 Å². The summed E-state index contributed by atoms with van der Waals surface area (Å²) in [5.41, 5.74) is 3.19. The molecule has 0 saturated heterocycles. The van der Waals surface area contributed by atoms with E-state index in [1.807, 2.05) is 44.2 Å². The van der Waals surface area contributed by atoms with E-state index in [1.54, 1.807) is 6.08 Å². The maximum Gasteiger partial charge on any atom is 0.283 e. The van der Waals surface area contributed by atoms with Crippen molar-refractivity contribution in [2.45, 2.75) is 40.0 Å². The second-order valence-corrected chi connectivity index (χ2v) is 9.34. The lowest BCUT2D eigenvalue weighted by molar-refractivity contribution is -0.114. The number of ether oxygens (including phenoxy) is 2. The largest absolute Gasteiger partial charge is 0.490 e. The van der Waals surface area contributed by atoms with E-state index in [2.05, 4.69) is 36.1 Å². The number of nitrogens with one attached hydrogen (secondary N) is 1. The molecule has 2 aliphatic rings. The predicted molar refractivity (Wildman–Crippen MR) is 138 cm³/mol. The highest BCUT2D eigenvalue weighted by atomic mass is 32.2. The van der Waals surface area contributed by atoms with E-state index in [4.69, 9.17) is 14.9 Å². The van der Waals surface area contributed by atoms with Gasteiger partial charge in [-0.1, -0.05) is 51.1 Å². The third kappa shape index (κ3) is 5.07. The molecule has 34 heavy (non-hydrogen) atoms. The standard InChI is InChI=1S/C26H28N4O3S/c1-5-23-29-30-24(27)20(25(31)28-26(30)34-23)15-18-8-6-7-9-21(18)32-12-13-33-22-14-17(4)10-11-19(22)16(2)3/h6-11,14-16,27H,5,12-13H2,1-4H3. The van der Waals surface area contributed by atoms with Gasteiger partial charge in [0, 0.05) is 5.56 Å². The minimum absolute atomic E-state index is 0.0183. The van der Waals surface area contributed by atoms with Gasteiger partial charge in [0.2, 0.25) is 5.17 Å². The van der Waals surface area contributed by atoms with Gasteiger partial charge in [-0.05, 0) is 60.4 Å². The molecule has 0 bridgehead atoms. The monoisotopic (exact) mass is 476 g/mol. The number of carbonyl (C=O) groups excluding carboxylic acids is 1. The van der Waals surface area contributed by atoms with Gasteiger partial charge in [-0.2, -0.15) is 15.1 Å². The van der Waals surface area contributed by atoms with Crippen LogP contribution >= 0.6 is 11.8 Å². The van der Waals surface area contributed by atoms with Crippen molar-refractivity contribution < 1.29 is 14.3 Å². The van der Waals surface area contributed by atoms with Gasteiger partial charge in [-0.25, -0.2) is 0 Å². The number of nitrogens with zero attached hydrogens (tertiary/aromatic N) is 3. The van der Waals surface area contributed by atoms with Gasteiger partial charge in [0.1, 0.15) is 29.8 Å². The van der Waals surface area contributed by atoms with Gasteiger partial charge in [0.25, 0.3) is 5.91 Å². The van der Waals surface area contributed by atoms with Crippen LogP contribution in [0.2, 0.25) is 0 Å². The summed E-state index contributed by atoms with van der Waals surface area (Å²) in [6, 6.07) is 13.7. The zero-order valence-electron chi connectivity index (χ0n) is 19.8. The molecule has 4 rings (SSSR count). The number of amidine groups is 2. The minimum atomic E-state index is -0.449. The first-order valence-corrected chi connectivity index (χ1v) is 12.1. The number of aliphatic imine (C=N–C) groups is 1. The second kappa shape index (κ2) is 10.3. The summed E-state index contributed by atoms with van der Waals surface area (Å²) in [6.07, 6.45) is 2.36. The summed E-state index contributed by atoms with van der Waals surface area (Å²) in [5.74, 6) is 1.41. The molecular weight excluding hydrogens is 448 g/mol. The van der Waals surface area contributed by atoms with E-state index < -0.39 is 5.91 Å². The van der Waals surface area contributed by atoms with Gasteiger partial charge in [0.15, 0.2) is 5.84 Å². The molecule has 0 spiro atoms. The summed E-state index contributed by atoms with van der Waals surface area (Å²) < 4.78 is 12.0. The number of hydrogen-bond acceptors (Lipinski definition) is 6. The Morgan fingerprint density at radius 2 is 1.85 bits per heavy atom. The fourth-order valence-corrected chi connectivity index (χ4v) is 4.43. The fraction of sp³-hybridized carbons (Fsp3) is 0.308. The number of amides is 1. The quantitative estimate of drug-likeness (QED) is 0.395. The van der Waals surface area contributed by atoms with Crippen molar-refractivity contribution in [3.8, 4) is 11.5 Å². The first kappa shape index (κ1) is 23.8. The van der Waals surface area contributed by atoms with Gasteiger partial charge in [-0.15, -0.1) is 0 Å². The highest BCUT2D eigenvalue weighted by molar-refractivity contribution is 8.26. The Balaban J connectivity index is 1.47. The molecule has 0 aromatic heterocycles. The predicted octanol–water partition coefficient (Wildman–Crippen LogP) is 5.61. The highest BCUT2D eigenvalue weighted by Crippen LogP contribution is 2.31. The first-order chi connectivity index (χ1) is 16.4. The molecule has 2 heterocycles. The molecule has 0 unspecified atom stereocenters. The Morgan fingerprint density at radius 1 is 1.12 bits per heavy atom. The number of thioether (sulfide) groups is 1. The van der Waals surface area contributed by atoms with Crippen molar-refractivity contribution in [2.24, 2.45) is 10.1 Å². The summed E-state index contributed by atoms with van der Waals surface area (Å²) in [7, 11) is 0. The van der Waals surface area contributed by atoms with E-state index in [-0.39, 0.29) is 11.4 Å². The van der Waals surface area contributed by atoms with E-state index in [0.29, 0.717) is 35.6 Å². The number of hydrazone groups is 1. The maximum atomic E-state index is 12.6. The Bertz CT molecular complexity index is 1220. The van der Waals surface area contributed by atoms with Crippen LogP contribution in [0.5, 0.6) is 11.5 Å². The lowest BCUT2D eigenvalue weighted by atomic mass is 10.0. The number of aryl methyl sites for hydroxylation is 1. The van der Waals surface area contributed by atoms with E-state index in [9.17, 15) is 4.79 Å². The summed E-state index contributed by atoms with van der Waals surface area (Å²) in [6.45, 7) is 9.03. The topological polar surface area (TPSA) is 87.3 Å². The molecule has 7 nitrogen and oxygen atoms in total. The number of fused-ring (bicyclic) bond motifs is 1. The third-order valence-electron chi connectivity index (χ3n) is 5.41. The molecule has 1 N–H and O–H groups in total. The lowest BCUT2D eigenvalue weighted by Crippen LogP contribution is -2.35. The number of para-hydroxylation sites is 1. The Morgan fingerprint density at radius 3 is 2.59 bits per heavy atom. The molecule has 8 heteroatoms. The van der Waals surface area contributed by atoms with Gasteiger partial charge in [-0.3, -0.25) is 10.2 Å². The number of hydrogen-bond donors (Lipinski definition) is 1. The smallest absolute Gasteiger partial charge is 0.283 e. The van der Waals surface area contributed by atoms with E-state index >= 15 is 0 Å². The molecule has 176 valence electrons. The van der Waals surface area contributed by atoms with Crippen LogP contribution < -0.4 is 9.47 Å². The van der Waals surface area contributed by atoms with Crippen LogP contribution in [-0.4, -0.2) is 40.2 Å². The van der Waals surface area contributed by atoms with Crippen molar-refractivity contribution in [2.75, 3.05) is 13.2 Å². The van der Waals surface area contributed by atoms with Crippen LogP contribution in [-0.2, 0) is 4.79 Å². The second-order valence-electron chi connectivity index (χ2n) is 8.30. The molecule has 1 amide bonds. The normalized spacial score (nSPS) is 16.6. The molecule has 0 aliphatic carbocycles. The summed E-state index contributed by atoms with van der Waals surface area (Å²) in [4.78, 5) is 16.8. The summed E-state index contributed by atoms with van der Waals surface area (Å²) in [5, 5.41) is 15.6. The Hall–Kier alpha value is -3.39. The van der Waals surface area contributed by atoms with Crippen molar-refractivity contribution in [3.05, 3.63) is 64.7 Å². The van der Waals surface area contributed by atoms with E-state index in [0.717, 1.165) is 22.8 Å². The number of carbonyl (C=O) groups is 1. The third-order valence-corrected chi connectivity index (χ3v) is 6.46. The van der Waals surface area contributed by atoms with Gasteiger partial charge >= 0.3 is 0 Å². The average molecular weight is 477 g/mol. The van der Waals surface area contributed by atoms with E-state index in [1.165, 1.54) is 22.3 Å². The van der Waals surface area contributed by atoms with Crippen molar-refractivity contribution in [3.63, 3.8) is 0 Å². The zero-order chi connectivity index (χ0) is 24.2. The first-order valence-electron chi connectivity index (χ1n) is 11.3. The SMILES string of the molecule is CCC1=NN2C(=N)C(=Cc3ccccc3OCCOc3cc(C)ccc3C(C)C)C(=O)N=C2S1. The molecule has 2 aromatic carbocycles. The van der Waals surface area contributed by atoms with Crippen LogP contribution in [0.25, 0.3) is 6.08 Å². The van der Waals surface area contributed by atoms with Crippen LogP contribution in [0.3, 0.4) is 0 Å². The van der Waals surface area contributed by atoms with Crippen LogP contribution in [0.1, 0.15) is 49.8 Å².